The molecule has 0 aliphatic heterocycles. The van der Waals surface area contributed by atoms with Crippen LogP contribution in [-0.2, 0) is 6.54 Å². The summed E-state index contributed by atoms with van der Waals surface area (Å²) >= 11 is 0. The summed E-state index contributed by atoms with van der Waals surface area (Å²) in [6.45, 7) is 8.80. The molecule has 6 rings (SSSR count). The van der Waals surface area contributed by atoms with Gasteiger partial charge >= 0.3 is 0 Å². The van der Waals surface area contributed by atoms with Gasteiger partial charge in [0.1, 0.15) is 5.75 Å². The van der Waals surface area contributed by atoms with Crippen LogP contribution in [0.2, 0.25) is 0 Å². The molecule has 44 heavy (non-hydrogen) atoms. The van der Waals surface area contributed by atoms with E-state index in [-0.39, 0.29) is 24.0 Å². The van der Waals surface area contributed by atoms with Gasteiger partial charge < -0.3 is 14.5 Å². The van der Waals surface area contributed by atoms with Crippen molar-refractivity contribution in [3.05, 3.63) is 119 Å². The Balaban J connectivity index is 1.34. The summed E-state index contributed by atoms with van der Waals surface area (Å²) in [5.41, 5.74) is 7.05. The number of nitrogens with zero attached hydrogens (tertiary/aromatic N) is 5. The lowest BCUT2D eigenvalue weighted by molar-refractivity contribution is 0.0945. The van der Waals surface area contributed by atoms with E-state index in [1.807, 2.05) is 111 Å². The Morgan fingerprint density at radius 2 is 1.66 bits per heavy atom. The van der Waals surface area contributed by atoms with E-state index in [9.17, 15) is 4.79 Å². The van der Waals surface area contributed by atoms with Crippen LogP contribution in [-0.4, -0.2) is 37.1 Å². The van der Waals surface area contributed by atoms with Gasteiger partial charge in [-0.3, -0.25) is 4.79 Å². The number of carbonyl (C=O) groups is 1. The summed E-state index contributed by atoms with van der Waals surface area (Å²) in [4.78, 5) is 18.4. The molecule has 0 spiro atoms. The Hall–Kier alpha value is -5.44. The molecule has 0 saturated carbocycles. The van der Waals surface area contributed by atoms with E-state index >= 15 is 0 Å². The smallest absolute Gasteiger partial charge is 0.275 e. The molecule has 222 valence electrons. The van der Waals surface area contributed by atoms with Crippen molar-refractivity contribution in [3.8, 4) is 40.0 Å². The summed E-state index contributed by atoms with van der Waals surface area (Å²) in [6.07, 6.45) is 2.88. The van der Waals surface area contributed by atoms with Crippen molar-refractivity contribution in [1.82, 2.24) is 29.9 Å². The molecule has 0 saturated heterocycles. The topological polar surface area (TPSA) is 100 Å². The van der Waals surface area contributed by atoms with Crippen LogP contribution in [0.25, 0.3) is 34.3 Å². The minimum absolute atomic E-state index is 0.153. The van der Waals surface area contributed by atoms with Crippen LogP contribution >= 0.6 is 0 Å². The van der Waals surface area contributed by atoms with Gasteiger partial charge in [-0.15, -0.1) is 0 Å². The molecule has 0 radical (unpaired) electrons. The molecule has 0 aliphatic rings. The molecule has 9 nitrogen and oxygen atoms in total. The van der Waals surface area contributed by atoms with Gasteiger partial charge in [-0.1, -0.05) is 43.3 Å². The SMILES string of the molecule is CCCOc1ccc(-c2nn(-c3ccccc3)cc2CNC(=O)c2nc(-c3ccccc3)oc2-n2nc(C)cc2C)cc1C. The molecular formula is C35H34N6O3. The number of hydrogen-bond acceptors (Lipinski definition) is 6. The van der Waals surface area contributed by atoms with Gasteiger partial charge in [0.15, 0.2) is 5.69 Å². The fraction of sp³-hybridized carbons (Fsp3) is 0.200. The molecule has 1 amide bonds. The van der Waals surface area contributed by atoms with E-state index < -0.39 is 0 Å². The number of hydrogen-bond donors (Lipinski definition) is 1. The number of aromatic nitrogens is 5. The number of carbonyl (C=O) groups excluding carboxylic acids is 1. The second-order valence-corrected chi connectivity index (χ2v) is 10.7. The highest BCUT2D eigenvalue weighted by Gasteiger charge is 2.25. The second kappa shape index (κ2) is 12.4. The molecule has 0 unspecified atom stereocenters. The van der Waals surface area contributed by atoms with Gasteiger partial charge in [0.25, 0.3) is 11.8 Å². The van der Waals surface area contributed by atoms with Crippen LogP contribution < -0.4 is 10.1 Å². The lowest BCUT2D eigenvalue weighted by Gasteiger charge is -2.10. The number of ether oxygens (including phenoxy) is 1. The van der Waals surface area contributed by atoms with Gasteiger partial charge in [0.2, 0.25) is 5.89 Å². The van der Waals surface area contributed by atoms with E-state index in [0.717, 1.165) is 57.2 Å². The number of para-hydroxylation sites is 1. The number of benzene rings is 3. The number of rotatable bonds is 10. The van der Waals surface area contributed by atoms with Crippen molar-refractivity contribution < 1.29 is 13.9 Å². The molecule has 3 aromatic carbocycles. The van der Waals surface area contributed by atoms with Gasteiger partial charge in [0.05, 0.1) is 23.7 Å². The Kier molecular flexibility index (Phi) is 8.10. The van der Waals surface area contributed by atoms with E-state index in [2.05, 4.69) is 28.4 Å². The highest BCUT2D eigenvalue weighted by atomic mass is 16.5. The van der Waals surface area contributed by atoms with Gasteiger partial charge in [-0.25, -0.2) is 14.3 Å². The van der Waals surface area contributed by atoms with E-state index in [1.54, 1.807) is 4.68 Å². The summed E-state index contributed by atoms with van der Waals surface area (Å²) in [5.74, 6) is 1.09. The third-order valence-corrected chi connectivity index (χ3v) is 7.21. The molecule has 0 fully saturated rings. The normalized spacial score (nSPS) is 11.1. The minimum Gasteiger partial charge on any atom is -0.493 e. The summed E-state index contributed by atoms with van der Waals surface area (Å²) in [5, 5.41) is 12.6. The van der Waals surface area contributed by atoms with Crippen LogP contribution in [0, 0.1) is 20.8 Å². The largest absolute Gasteiger partial charge is 0.493 e. The maximum Gasteiger partial charge on any atom is 0.275 e. The first-order chi connectivity index (χ1) is 21.4. The number of aryl methyl sites for hydroxylation is 3. The number of amides is 1. The van der Waals surface area contributed by atoms with E-state index in [0.29, 0.717) is 12.5 Å². The Bertz CT molecular complexity index is 1900. The zero-order chi connectivity index (χ0) is 30.6. The summed E-state index contributed by atoms with van der Waals surface area (Å²) in [7, 11) is 0. The predicted molar refractivity (Wildman–Crippen MR) is 169 cm³/mol. The van der Waals surface area contributed by atoms with Crippen LogP contribution in [0.1, 0.15) is 46.3 Å². The van der Waals surface area contributed by atoms with Crippen LogP contribution in [0.15, 0.2) is 95.5 Å². The average molecular weight is 587 g/mol. The molecule has 6 aromatic rings. The fourth-order valence-electron chi connectivity index (χ4n) is 5.07. The molecule has 0 aliphatic carbocycles. The third kappa shape index (κ3) is 5.89. The highest BCUT2D eigenvalue weighted by Crippen LogP contribution is 2.30. The lowest BCUT2D eigenvalue weighted by Crippen LogP contribution is -2.24. The first-order valence-electron chi connectivity index (χ1n) is 14.7. The molecular weight excluding hydrogens is 552 g/mol. The van der Waals surface area contributed by atoms with E-state index in [4.69, 9.17) is 14.3 Å². The molecule has 3 aromatic heterocycles. The van der Waals surface area contributed by atoms with Crippen LogP contribution in [0.5, 0.6) is 5.75 Å². The van der Waals surface area contributed by atoms with Crippen molar-refractivity contribution in [2.24, 2.45) is 0 Å². The molecule has 0 atom stereocenters. The monoisotopic (exact) mass is 586 g/mol. The van der Waals surface area contributed by atoms with Crippen molar-refractivity contribution in [2.75, 3.05) is 6.61 Å². The average Bonchev–Trinajstić information content (AvgIpc) is 3.76. The molecule has 3 heterocycles. The zero-order valence-electron chi connectivity index (χ0n) is 25.2. The van der Waals surface area contributed by atoms with Gasteiger partial charge in [0, 0.05) is 35.1 Å². The Labute approximate surface area is 256 Å². The van der Waals surface area contributed by atoms with E-state index in [1.165, 1.54) is 0 Å². The fourth-order valence-corrected chi connectivity index (χ4v) is 5.07. The molecule has 0 bridgehead atoms. The molecule has 1 N–H and O–H groups in total. The standard InChI is InChI=1S/C35H34N6O3/c1-5-18-43-30-17-16-27(19-23(30)2)31-28(22-40(39-31)29-14-10-7-11-15-29)21-36-33(42)32-35(41-25(4)20-24(3)38-41)44-34(37-32)26-12-8-6-9-13-26/h6-17,19-20,22H,5,18,21H2,1-4H3,(H,36,42). The second-order valence-electron chi connectivity index (χ2n) is 10.7. The number of oxazole rings is 1. The van der Waals surface area contributed by atoms with Crippen LogP contribution in [0.4, 0.5) is 0 Å². The first kappa shape index (κ1) is 28.7. The Morgan fingerprint density at radius 3 is 2.34 bits per heavy atom. The molecule has 9 heteroatoms. The number of nitrogens with one attached hydrogen (secondary N) is 1. The van der Waals surface area contributed by atoms with Crippen molar-refractivity contribution >= 4 is 5.91 Å². The van der Waals surface area contributed by atoms with Crippen molar-refractivity contribution in [3.63, 3.8) is 0 Å². The van der Waals surface area contributed by atoms with Gasteiger partial charge in [-0.2, -0.15) is 10.2 Å². The summed E-state index contributed by atoms with van der Waals surface area (Å²) < 4.78 is 15.5. The predicted octanol–water partition coefficient (Wildman–Crippen LogP) is 7.02. The van der Waals surface area contributed by atoms with Crippen molar-refractivity contribution in [1.29, 1.82) is 0 Å². The van der Waals surface area contributed by atoms with Gasteiger partial charge in [-0.05, 0) is 81.3 Å². The zero-order valence-corrected chi connectivity index (χ0v) is 25.2. The maximum atomic E-state index is 13.8. The third-order valence-electron chi connectivity index (χ3n) is 7.21. The maximum absolute atomic E-state index is 13.8. The first-order valence-corrected chi connectivity index (χ1v) is 14.7. The van der Waals surface area contributed by atoms with Crippen LogP contribution in [0.3, 0.4) is 0 Å². The Morgan fingerprint density at radius 1 is 0.909 bits per heavy atom. The summed E-state index contributed by atoms with van der Waals surface area (Å²) in [6, 6.07) is 27.4. The minimum atomic E-state index is -0.378. The van der Waals surface area contributed by atoms with Crippen molar-refractivity contribution in [2.45, 2.75) is 40.7 Å². The quantitative estimate of drug-likeness (QED) is 0.185. The lowest BCUT2D eigenvalue weighted by atomic mass is 10.0. The highest BCUT2D eigenvalue weighted by molar-refractivity contribution is 5.95.